The average Bonchev–Trinajstić information content (AvgIpc) is 2.94. The van der Waals surface area contributed by atoms with E-state index >= 15 is 0 Å². The minimum absolute atomic E-state index is 0.0184. The molecule has 92 valence electrons. The van der Waals surface area contributed by atoms with E-state index in [0.717, 1.165) is 30.0 Å². The number of hydrazine groups is 1. The van der Waals surface area contributed by atoms with Crippen molar-refractivity contribution in [3.63, 3.8) is 0 Å². The maximum Gasteiger partial charge on any atom is 0.0942 e. The maximum atomic E-state index is 5.57. The minimum Gasteiger partial charge on any atom is -0.271 e. The van der Waals surface area contributed by atoms with Crippen molar-refractivity contribution in [3.8, 4) is 0 Å². The van der Waals surface area contributed by atoms with E-state index in [1.807, 2.05) is 17.0 Å². The van der Waals surface area contributed by atoms with Crippen molar-refractivity contribution in [1.29, 1.82) is 0 Å². The molecule has 0 aromatic carbocycles. The normalized spacial score (nSPS) is 12.9. The van der Waals surface area contributed by atoms with Gasteiger partial charge in [-0.1, -0.05) is 4.49 Å². The summed E-state index contributed by atoms with van der Waals surface area (Å²) in [5, 5.41) is 10.4. The van der Waals surface area contributed by atoms with Gasteiger partial charge >= 0.3 is 0 Å². The molecule has 1 unspecified atom stereocenters. The molecule has 17 heavy (non-hydrogen) atoms. The molecule has 0 aliphatic carbocycles. The van der Waals surface area contributed by atoms with E-state index < -0.39 is 0 Å². The van der Waals surface area contributed by atoms with E-state index in [4.69, 9.17) is 5.84 Å². The van der Waals surface area contributed by atoms with Crippen molar-refractivity contribution in [1.82, 2.24) is 24.8 Å². The van der Waals surface area contributed by atoms with Crippen LogP contribution in [0.4, 0.5) is 0 Å². The van der Waals surface area contributed by atoms with Gasteiger partial charge in [-0.15, -0.1) is 5.10 Å². The smallest absolute Gasteiger partial charge is 0.0942 e. The first-order valence-corrected chi connectivity index (χ1v) is 6.34. The van der Waals surface area contributed by atoms with Gasteiger partial charge < -0.3 is 0 Å². The van der Waals surface area contributed by atoms with Crippen LogP contribution >= 0.6 is 11.5 Å². The van der Waals surface area contributed by atoms with Crippen LogP contribution in [0.25, 0.3) is 0 Å². The summed E-state index contributed by atoms with van der Waals surface area (Å²) in [6.07, 6.45) is 0.761. The Hall–Kier alpha value is -1.31. The molecule has 2 aromatic rings. The SMILES string of the molecule is CCn1nc(C)cc1CC(NN)c1csnn1. The quantitative estimate of drug-likeness (QED) is 0.608. The summed E-state index contributed by atoms with van der Waals surface area (Å²) in [7, 11) is 0. The van der Waals surface area contributed by atoms with Crippen LogP contribution in [0.5, 0.6) is 0 Å². The summed E-state index contributed by atoms with van der Waals surface area (Å²) in [5.74, 6) is 5.57. The lowest BCUT2D eigenvalue weighted by Crippen LogP contribution is -2.30. The monoisotopic (exact) mass is 252 g/mol. The molecule has 0 aliphatic rings. The second-order valence-electron chi connectivity index (χ2n) is 3.85. The molecule has 0 bridgehead atoms. The summed E-state index contributed by atoms with van der Waals surface area (Å²) in [6, 6.07) is 2.06. The molecule has 6 nitrogen and oxygen atoms in total. The largest absolute Gasteiger partial charge is 0.271 e. The van der Waals surface area contributed by atoms with Crippen LogP contribution in [-0.2, 0) is 13.0 Å². The van der Waals surface area contributed by atoms with E-state index in [1.54, 1.807) is 0 Å². The highest BCUT2D eigenvalue weighted by Gasteiger charge is 2.16. The molecular weight excluding hydrogens is 236 g/mol. The lowest BCUT2D eigenvalue weighted by molar-refractivity contribution is 0.506. The van der Waals surface area contributed by atoms with Gasteiger partial charge in [0.2, 0.25) is 0 Å². The Morgan fingerprint density at radius 3 is 3.00 bits per heavy atom. The zero-order chi connectivity index (χ0) is 12.3. The molecule has 2 aromatic heterocycles. The number of rotatable bonds is 5. The Labute approximate surface area is 104 Å². The first-order valence-electron chi connectivity index (χ1n) is 5.51. The molecule has 0 saturated heterocycles. The number of nitrogens with two attached hydrogens (primary N) is 1. The summed E-state index contributed by atoms with van der Waals surface area (Å²) in [5.41, 5.74) is 5.83. The molecule has 0 amide bonds. The summed E-state index contributed by atoms with van der Waals surface area (Å²) >= 11 is 1.33. The van der Waals surface area contributed by atoms with Crippen molar-refractivity contribution in [2.45, 2.75) is 32.9 Å². The van der Waals surface area contributed by atoms with Gasteiger partial charge in [0.05, 0.1) is 17.4 Å². The molecule has 0 aliphatic heterocycles. The number of aromatic nitrogens is 4. The Balaban J connectivity index is 2.18. The fourth-order valence-corrected chi connectivity index (χ4v) is 2.33. The zero-order valence-electron chi connectivity index (χ0n) is 9.92. The molecule has 7 heteroatoms. The van der Waals surface area contributed by atoms with Gasteiger partial charge in [-0.05, 0) is 31.4 Å². The molecule has 0 spiro atoms. The van der Waals surface area contributed by atoms with Gasteiger partial charge in [-0.2, -0.15) is 5.10 Å². The zero-order valence-corrected chi connectivity index (χ0v) is 10.7. The molecule has 0 radical (unpaired) electrons. The van der Waals surface area contributed by atoms with Gasteiger partial charge in [-0.3, -0.25) is 16.0 Å². The average molecular weight is 252 g/mol. The van der Waals surface area contributed by atoms with Crippen LogP contribution in [0.2, 0.25) is 0 Å². The summed E-state index contributed by atoms with van der Waals surface area (Å²) < 4.78 is 5.84. The van der Waals surface area contributed by atoms with Crippen molar-refractivity contribution >= 4 is 11.5 Å². The van der Waals surface area contributed by atoms with Crippen molar-refractivity contribution in [3.05, 3.63) is 28.5 Å². The number of aryl methyl sites for hydroxylation is 2. The van der Waals surface area contributed by atoms with Crippen LogP contribution in [0.1, 0.15) is 30.0 Å². The van der Waals surface area contributed by atoms with E-state index in [0.29, 0.717) is 0 Å². The number of nitrogens with zero attached hydrogens (tertiary/aromatic N) is 4. The van der Waals surface area contributed by atoms with Gasteiger partial charge in [0, 0.05) is 24.0 Å². The van der Waals surface area contributed by atoms with E-state index in [9.17, 15) is 0 Å². The molecule has 3 N–H and O–H groups in total. The molecule has 1 atom stereocenters. The Kier molecular flexibility index (Phi) is 3.82. The number of nitrogens with one attached hydrogen (secondary N) is 1. The number of hydrogen-bond donors (Lipinski definition) is 2. The van der Waals surface area contributed by atoms with Crippen molar-refractivity contribution < 1.29 is 0 Å². The second-order valence-corrected chi connectivity index (χ2v) is 4.46. The highest BCUT2D eigenvalue weighted by molar-refractivity contribution is 7.03. The van der Waals surface area contributed by atoms with Crippen molar-refractivity contribution in [2.24, 2.45) is 5.84 Å². The van der Waals surface area contributed by atoms with Gasteiger partial charge in [0.15, 0.2) is 0 Å². The maximum absolute atomic E-state index is 5.57. The van der Waals surface area contributed by atoms with E-state index in [1.165, 1.54) is 11.5 Å². The summed E-state index contributed by atoms with van der Waals surface area (Å²) in [6.45, 7) is 4.92. The third-order valence-corrected chi connectivity index (χ3v) is 3.16. The fraction of sp³-hybridized carbons (Fsp3) is 0.500. The van der Waals surface area contributed by atoms with E-state index in [2.05, 4.69) is 33.1 Å². The lowest BCUT2D eigenvalue weighted by Gasteiger charge is -2.13. The van der Waals surface area contributed by atoms with Crippen LogP contribution < -0.4 is 11.3 Å². The molecular formula is C10H16N6S. The predicted octanol–water partition coefficient (Wildman–Crippen LogP) is 0.810. The fourth-order valence-electron chi connectivity index (χ4n) is 1.82. The Bertz CT molecular complexity index is 463. The molecule has 0 fully saturated rings. The molecule has 2 heterocycles. The third kappa shape index (κ3) is 2.68. The predicted molar refractivity (Wildman–Crippen MR) is 66.3 cm³/mol. The Morgan fingerprint density at radius 1 is 1.59 bits per heavy atom. The highest BCUT2D eigenvalue weighted by Crippen LogP contribution is 2.17. The van der Waals surface area contributed by atoms with Crippen LogP contribution in [-0.4, -0.2) is 19.4 Å². The summed E-state index contributed by atoms with van der Waals surface area (Å²) in [4.78, 5) is 0. The van der Waals surface area contributed by atoms with Crippen LogP contribution in [0, 0.1) is 6.92 Å². The van der Waals surface area contributed by atoms with Crippen LogP contribution in [0.15, 0.2) is 11.4 Å². The first-order chi connectivity index (χ1) is 8.24. The molecule has 2 rings (SSSR count). The van der Waals surface area contributed by atoms with Gasteiger partial charge in [-0.25, -0.2) is 0 Å². The van der Waals surface area contributed by atoms with Crippen molar-refractivity contribution in [2.75, 3.05) is 0 Å². The van der Waals surface area contributed by atoms with Crippen LogP contribution in [0.3, 0.4) is 0 Å². The standard InChI is InChI=1S/C10H16N6S/c1-3-16-8(4-7(2)14-16)5-9(12-11)10-6-17-15-13-10/h4,6,9,12H,3,5,11H2,1-2H3. The topological polar surface area (TPSA) is 81.7 Å². The lowest BCUT2D eigenvalue weighted by atomic mass is 10.1. The number of hydrogen-bond acceptors (Lipinski definition) is 6. The van der Waals surface area contributed by atoms with Gasteiger partial charge in [0.25, 0.3) is 0 Å². The van der Waals surface area contributed by atoms with E-state index in [-0.39, 0.29) is 6.04 Å². The first kappa shape index (κ1) is 12.2. The third-order valence-electron chi connectivity index (χ3n) is 2.63. The second kappa shape index (κ2) is 5.35. The highest BCUT2D eigenvalue weighted by atomic mass is 32.1. The van der Waals surface area contributed by atoms with Gasteiger partial charge in [0.1, 0.15) is 0 Å². The Morgan fingerprint density at radius 2 is 2.41 bits per heavy atom. The molecule has 0 saturated carbocycles. The minimum atomic E-state index is -0.0184.